The maximum atomic E-state index is 5.42. The minimum Gasteiger partial charge on any atom is -0.496 e. The van der Waals surface area contributed by atoms with Crippen LogP contribution in [0.5, 0.6) is 5.75 Å². The van der Waals surface area contributed by atoms with Gasteiger partial charge in [0.1, 0.15) is 5.75 Å². The molecule has 0 heterocycles. The highest BCUT2D eigenvalue weighted by Crippen LogP contribution is 2.22. The predicted molar refractivity (Wildman–Crippen MR) is 97.7 cm³/mol. The molecular weight excluding hydrogens is 272 g/mol. The Morgan fingerprint density at radius 2 is 1.77 bits per heavy atom. The first kappa shape index (κ1) is 20.7. The fourth-order valence-corrected chi connectivity index (χ4v) is 2.11. The van der Waals surface area contributed by atoms with Crippen LogP contribution in [0.1, 0.15) is 64.5 Å². The van der Waals surface area contributed by atoms with Crippen molar-refractivity contribution in [1.82, 2.24) is 0 Å². The Morgan fingerprint density at radius 1 is 1.09 bits per heavy atom. The Kier molecular flexibility index (Phi) is 10.7. The van der Waals surface area contributed by atoms with Crippen molar-refractivity contribution in [2.75, 3.05) is 14.2 Å². The van der Waals surface area contributed by atoms with Crippen LogP contribution >= 0.6 is 0 Å². The van der Waals surface area contributed by atoms with Gasteiger partial charge >= 0.3 is 0 Å². The molecule has 0 bridgehead atoms. The van der Waals surface area contributed by atoms with E-state index in [1.165, 1.54) is 18.4 Å². The molecule has 0 spiro atoms. The van der Waals surface area contributed by atoms with E-state index >= 15 is 0 Å². The second kappa shape index (κ2) is 11.3. The highest BCUT2D eigenvalue weighted by molar-refractivity contribution is 5.58. The zero-order chi connectivity index (χ0) is 17.0. The Morgan fingerprint density at radius 3 is 2.36 bits per heavy atom. The van der Waals surface area contributed by atoms with Crippen LogP contribution in [0.15, 0.2) is 24.3 Å². The molecule has 1 rings (SSSR count). The van der Waals surface area contributed by atoms with Crippen molar-refractivity contribution in [2.24, 2.45) is 0 Å². The van der Waals surface area contributed by atoms with Gasteiger partial charge in [0.05, 0.1) is 12.7 Å². The van der Waals surface area contributed by atoms with E-state index < -0.39 is 0 Å². The second-order valence-corrected chi connectivity index (χ2v) is 5.86. The van der Waals surface area contributed by atoms with E-state index in [1.54, 1.807) is 14.2 Å². The molecule has 0 fully saturated rings. The molecule has 0 N–H and O–H groups in total. The number of aryl methyl sites for hydroxylation is 1. The number of allylic oxidation sites excluding steroid dienone is 1. The van der Waals surface area contributed by atoms with Gasteiger partial charge in [0.2, 0.25) is 0 Å². The van der Waals surface area contributed by atoms with Crippen LogP contribution in [-0.4, -0.2) is 19.8 Å². The summed E-state index contributed by atoms with van der Waals surface area (Å²) in [5.41, 5.74) is 2.42. The molecule has 0 atom stereocenters. The summed E-state index contributed by atoms with van der Waals surface area (Å²) in [6.45, 7) is 10.4. The molecule has 0 aromatic heterocycles. The lowest BCUT2D eigenvalue weighted by atomic mass is 10.0. The molecular formula is C20H34O2. The number of benzene rings is 1. The van der Waals surface area contributed by atoms with Gasteiger partial charge in [-0.1, -0.05) is 44.1 Å². The van der Waals surface area contributed by atoms with E-state index in [-0.39, 0.29) is 5.60 Å². The van der Waals surface area contributed by atoms with Crippen LogP contribution in [-0.2, 0) is 4.74 Å². The topological polar surface area (TPSA) is 18.5 Å². The Hall–Kier alpha value is -1.28. The SMILES string of the molecule is CC.COc1ccc(C)cc1/C=C/CCCCC(C)(C)OC. The fourth-order valence-electron chi connectivity index (χ4n) is 2.11. The van der Waals surface area contributed by atoms with Crippen molar-refractivity contribution in [1.29, 1.82) is 0 Å². The van der Waals surface area contributed by atoms with Gasteiger partial charge in [0, 0.05) is 12.7 Å². The van der Waals surface area contributed by atoms with Gasteiger partial charge in [0.15, 0.2) is 0 Å². The highest BCUT2D eigenvalue weighted by Gasteiger charge is 2.14. The van der Waals surface area contributed by atoms with Gasteiger partial charge in [-0.05, 0) is 52.2 Å². The number of ether oxygens (including phenoxy) is 2. The van der Waals surface area contributed by atoms with Crippen molar-refractivity contribution in [2.45, 2.75) is 65.9 Å². The molecule has 0 aliphatic rings. The van der Waals surface area contributed by atoms with E-state index in [9.17, 15) is 0 Å². The van der Waals surface area contributed by atoms with Crippen molar-refractivity contribution in [3.63, 3.8) is 0 Å². The first-order chi connectivity index (χ1) is 10.5. The standard InChI is InChI=1S/C18H28O2.C2H6/c1-15-11-12-17(19-4)16(14-15)10-8-6-7-9-13-18(2,3)20-5;1-2/h8,10-12,14H,6-7,9,13H2,1-5H3;1-2H3/b10-8+;. The first-order valence-corrected chi connectivity index (χ1v) is 8.35. The summed E-state index contributed by atoms with van der Waals surface area (Å²) in [6, 6.07) is 6.25. The first-order valence-electron chi connectivity index (χ1n) is 8.35. The fraction of sp³-hybridized carbons (Fsp3) is 0.600. The molecule has 2 nitrogen and oxygen atoms in total. The Balaban J connectivity index is 0.00000211. The third kappa shape index (κ3) is 8.23. The molecule has 0 aliphatic carbocycles. The van der Waals surface area contributed by atoms with Crippen molar-refractivity contribution in [3.8, 4) is 5.75 Å². The molecule has 0 unspecified atom stereocenters. The van der Waals surface area contributed by atoms with Crippen LogP contribution in [0.4, 0.5) is 0 Å². The number of unbranched alkanes of at least 4 members (excludes halogenated alkanes) is 2. The molecule has 0 saturated carbocycles. The van der Waals surface area contributed by atoms with E-state index in [0.717, 1.165) is 24.2 Å². The van der Waals surface area contributed by atoms with Crippen molar-refractivity contribution >= 4 is 6.08 Å². The normalized spacial score (nSPS) is 11.2. The average molecular weight is 306 g/mol. The van der Waals surface area contributed by atoms with E-state index in [4.69, 9.17) is 9.47 Å². The zero-order valence-electron chi connectivity index (χ0n) is 15.5. The van der Waals surface area contributed by atoms with Crippen LogP contribution in [0.3, 0.4) is 0 Å². The summed E-state index contributed by atoms with van der Waals surface area (Å²) >= 11 is 0. The molecule has 0 amide bonds. The van der Waals surface area contributed by atoms with Crippen LogP contribution < -0.4 is 4.74 Å². The summed E-state index contributed by atoms with van der Waals surface area (Å²) in [5.74, 6) is 0.937. The average Bonchev–Trinajstić information content (AvgIpc) is 2.53. The molecule has 1 aromatic carbocycles. The quantitative estimate of drug-likeness (QED) is 0.546. The van der Waals surface area contributed by atoms with Gasteiger partial charge in [-0.15, -0.1) is 0 Å². The lowest BCUT2D eigenvalue weighted by molar-refractivity contribution is 0.0136. The zero-order valence-corrected chi connectivity index (χ0v) is 15.5. The molecule has 1 aromatic rings. The van der Waals surface area contributed by atoms with Crippen LogP contribution in [0, 0.1) is 6.92 Å². The van der Waals surface area contributed by atoms with Crippen LogP contribution in [0.2, 0.25) is 0 Å². The van der Waals surface area contributed by atoms with Gasteiger partial charge in [-0.25, -0.2) is 0 Å². The summed E-state index contributed by atoms with van der Waals surface area (Å²) < 4.78 is 10.8. The minimum atomic E-state index is 0.00345. The smallest absolute Gasteiger partial charge is 0.126 e. The van der Waals surface area contributed by atoms with E-state index in [2.05, 4.69) is 45.1 Å². The number of hydrogen-bond donors (Lipinski definition) is 0. The molecule has 0 aliphatic heterocycles. The van der Waals surface area contributed by atoms with Crippen molar-refractivity contribution in [3.05, 3.63) is 35.4 Å². The Labute approximate surface area is 137 Å². The lowest BCUT2D eigenvalue weighted by Crippen LogP contribution is -2.21. The van der Waals surface area contributed by atoms with Gasteiger partial charge in [-0.3, -0.25) is 0 Å². The third-order valence-corrected chi connectivity index (χ3v) is 3.63. The van der Waals surface area contributed by atoms with Crippen molar-refractivity contribution < 1.29 is 9.47 Å². The van der Waals surface area contributed by atoms with E-state index in [0.29, 0.717) is 0 Å². The number of hydrogen-bond acceptors (Lipinski definition) is 2. The summed E-state index contributed by atoms with van der Waals surface area (Å²) in [6.07, 6.45) is 8.97. The van der Waals surface area contributed by atoms with Gasteiger partial charge < -0.3 is 9.47 Å². The molecule has 22 heavy (non-hydrogen) atoms. The van der Waals surface area contributed by atoms with E-state index in [1.807, 2.05) is 19.9 Å². The number of methoxy groups -OCH3 is 2. The predicted octanol–water partition coefficient (Wildman–Crippen LogP) is 6.03. The summed E-state index contributed by atoms with van der Waals surface area (Å²) in [7, 11) is 3.50. The minimum absolute atomic E-state index is 0.00345. The summed E-state index contributed by atoms with van der Waals surface area (Å²) in [4.78, 5) is 0. The summed E-state index contributed by atoms with van der Waals surface area (Å²) in [5, 5.41) is 0. The molecule has 0 radical (unpaired) electrons. The molecule has 0 saturated heterocycles. The lowest BCUT2D eigenvalue weighted by Gasteiger charge is -2.22. The van der Waals surface area contributed by atoms with Gasteiger partial charge in [-0.2, -0.15) is 0 Å². The highest BCUT2D eigenvalue weighted by atomic mass is 16.5. The molecule has 126 valence electrons. The Bertz CT molecular complexity index is 433. The maximum Gasteiger partial charge on any atom is 0.126 e. The maximum absolute atomic E-state index is 5.42. The van der Waals surface area contributed by atoms with Crippen LogP contribution in [0.25, 0.3) is 6.08 Å². The molecule has 2 heteroatoms. The largest absolute Gasteiger partial charge is 0.496 e. The number of rotatable bonds is 8. The third-order valence-electron chi connectivity index (χ3n) is 3.63. The second-order valence-electron chi connectivity index (χ2n) is 5.86. The van der Waals surface area contributed by atoms with Gasteiger partial charge in [0.25, 0.3) is 0 Å². The monoisotopic (exact) mass is 306 g/mol.